The van der Waals surface area contributed by atoms with Gasteiger partial charge in [-0.3, -0.25) is 9.69 Å². The van der Waals surface area contributed by atoms with Crippen molar-refractivity contribution in [3.05, 3.63) is 21.9 Å². The molecule has 0 bridgehead atoms. The zero-order valence-electron chi connectivity index (χ0n) is 12.2. The molecule has 2 heterocycles. The number of carbonyl (C=O) groups is 1. The molecule has 1 amide bonds. The first-order valence-electron chi connectivity index (χ1n) is 7.11. The minimum atomic E-state index is -0.209. The van der Waals surface area contributed by atoms with E-state index in [1.165, 1.54) is 4.88 Å². The van der Waals surface area contributed by atoms with E-state index in [2.05, 4.69) is 28.1 Å². The summed E-state index contributed by atoms with van der Waals surface area (Å²) in [6.45, 7) is 5.58. The molecule has 1 atom stereocenters. The Morgan fingerprint density at radius 3 is 3.24 bits per heavy atom. The van der Waals surface area contributed by atoms with Crippen LogP contribution in [0.25, 0.3) is 0 Å². The quantitative estimate of drug-likeness (QED) is 0.790. The molecular weight excluding hydrogens is 286 g/mol. The lowest BCUT2D eigenvalue weighted by Crippen LogP contribution is -2.53. The molecule has 1 aliphatic rings. The number of carbonyl (C=O) groups excluding carboxylic acids is 1. The number of nitrogens with one attached hydrogen (secondary N) is 1. The van der Waals surface area contributed by atoms with Crippen LogP contribution < -0.4 is 11.1 Å². The molecule has 1 fully saturated rings. The van der Waals surface area contributed by atoms with E-state index in [-0.39, 0.29) is 11.9 Å². The summed E-state index contributed by atoms with van der Waals surface area (Å²) in [6.07, 6.45) is 0. The van der Waals surface area contributed by atoms with Crippen LogP contribution in [0.15, 0.2) is 12.1 Å². The van der Waals surface area contributed by atoms with Crippen LogP contribution >= 0.6 is 11.3 Å². The maximum Gasteiger partial charge on any atom is 0.239 e. The molecule has 5 nitrogen and oxygen atoms in total. The van der Waals surface area contributed by atoms with Crippen LogP contribution in [0.2, 0.25) is 0 Å². The van der Waals surface area contributed by atoms with E-state index >= 15 is 0 Å². The van der Waals surface area contributed by atoms with Gasteiger partial charge in [0.2, 0.25) is 5.91 Å². The summed E-state index contributed by atoms with van der Waals surface area (Å²) in [5, 5.41) is 2.87. The Morgan fingerprint density at radius 1 is 1.62 bits per heavy atom. The summed E-state index contributed by atoms with van der Waals surface area (Å²) in [5.74, 6) is 5.93. The molecule has 1 aromatic rings. The van der Waals surface area contributed by atoms with Crippen LogP contribution in [0.1, 0.15) is 16.7 Å². The van der Waals surface area contributed by atoms with Crippen LogP contribution in [0, 0.1) is 11.8 Å². The van der Waals surface area contributed by atoms with Gasteiger partial charge < -0.3 is 15.8 Å². The smallest absolute Gasteiger partial charge is 0.239 e. The zero-order chi connectivity index (χ0) is 15.1. The molecule has 0 aliphatic carbocycles. The summed E-state index contributed by atoms with van der Waals surface area (Å²) >= 11 is 1.65. The van der Waals surface area contributed by atoms with Crippen molar-refractivity contribution in [2.75, 3.05) is 32.8 Å². The number of amides is 1. The lowest BCUT2D eigenvalue weighted by Gasteiger charge is -2.34. The third-order valence-corrected chi connectivity index (χ3v) is 4.21. The van der Waals surface area contributed by atoms with Crippen molar-refractivity contribution in [3.63, 3.8) is 0 Å². The van der Waals surface area contributed by atoms with Crippen molar-refractivity contribution in [3.8, 4) is 11.8 Å². The normalized spacial score (nSPS) is 18.9. The van der Waals surface area contributed by atoms with E-state index in [1.54, 1.807) is 11.3 Å². The summed E-state index contributed by atoms with van der Waals surface area (Å²) in [4.78, 5) is 16.5. The highest BCUT2D eigenvalue weighted by molar-refractivity contribution is 7.12. The molecule has 0 spiro atoms. The fraction of sp³-hybridized carbons (Fsp3) is 0.533. The van der Waals surface area contributed by atoms with E-state index in [9.17, 15) is 4.79 Å². The summed E-state index contributed by atoms with van der Waals surface area (Å²) in [5.41, 5.74) is 5.38. The van der Waals surface area contributed by atoms with Gasteiger partial charge in [0.1, 0.15) is 6.04 Å². The van der Waals surface area contributed by atoms with Gasteiger partial charge in [0, 0.05) is 24.5 Å². The molecule has 0 saturated carbocycles. The van der Waals surface area contributed by atoms with Gasteiger partial charge in [-0.2, -0.15) is 0 Å². The number of rotatable bonds is 4. The second-order valence-electron chi connectivity index (χ2n) is 4.73. The third-order valence-electron chi connectivity index (χ3n) is 3.23. The third kappa shape index (κ3) is 4.55. The van der Waals surface area contributed by atoms with Gasteiger partial charge in [-0.05, 0) is 19.1 Å². The van der Waals surface area contributed by atoms with Crippen LogP contribution in [0.5, 0.6) is 0 Å². The first-order chi connectivity index (χ1) is 10.2. The van der Waals surface area contributed by atoms with Gasteiger partial charge in [-0.15, -0.1) is 11.3 Å². The molecule has 1 saturated heterocycles. The predicted octanol–water partition coefficient (Wildman–Crippen LogP) is 0.395. The predicted molar refractivity (Wildman–Crippen MR) is 84.0 cm³/mol. The molecule has 0 radical (unpaired) electrons. The van der Waals surface area contributed by atoms with Crippen LogP contribution in [0.3, 0.4) is 0 Å². The fourth-order valence-electron chi connectivity index (χ4n) is 2.23. The van der Waals surface area contributed by atoms with E-state index in [0.717, 1.165) is 18.0 Å². The molecule has 1 unspecified atom stereocenters. The molecule has 3 N–H and O–H groups in total. The summed E-state index contributed by atoms with van der Waals surface area (Å²) in [7, 11) is 0. The number of hydrogen-bond donors (Lipinski definition) is 2. The standard InChI is InChI=1S/C15H21N3O2S/c1-2-17-15(19)14-11-20-9-8-18(14)10-13-6-5-12(21-13)4-3-7-16/h5-6,14H,2,7-11,16H2,1H3,(H,17,19). The lowest BCUT2D eigenvalue weighted by atomic mass is 10.2. The topological polar surface area (TPSA) is 67.6 Å². The van der Waals surface area contributed by atoms with E-state index in [0.29, 0.717) is 26.3 Å². The van der Waals surface area contributed by atoms with Crippen molar-refractivity contribution in [1.82, 2.24) is 10.2 Å². The average molecular weight is 307 g/mol. The number of nitrogens with zero attached hydrogens (tertiary/aromatic N) is 1. The van der Waals surface area contributed by atoms with Crippen molar-refractivity contribution >= 4 is 17.2 Å². The Bertz CT molecular complexity index is 533. The number of hydrogen-bond acceptors (Lipinski definition) is 5. The average Bonchev–Trinajstić information content (AvgIpc) is 2.93. The molecule has 21 heavy (non-hydrogen) atoms. The maximum atomic E-state index is 12.1. The highest BCUT2D eigenvalue weighted by Gasteiger charge is 2.29. The Balaban J connectivity index is 2.01. The van der Waals surface area contributed by atoms with Crippen LogP contribution in [0.4, 0.5) is 0 Å². The van der Waals surface area contributed by atoms with E-state index in [1.807, 2.05) is 13.0 Å². The SMILES string of the molecule is CCNC(=O)C1COCCN1Cc1ccc(C#CCN)s1. The number of likely N-dealkylation sites (N-methyl/N-ethyl adjacent to an activating group) is 1. The number of ether oxygens (including phenoxy) is 1. The van der Waals surface area contributed by atoms with Crippen molar-refractivity contribution in [1.29, 1.82) is 0 Å². The fourth-order valence-corrected chi connectivity index (χ4v) is 3.14. The number of nitrogens with two attached hydrogens (primary N) is 1. The van der Waals surface area contributed by atoms with Gasteiger partial charge >= 0.3 is 0 Å². The Kier molecular flexibility index (Phi) is 6.21. The molecule has 1 aromatic heterocycles. The Labute approximate surface area is 129 Å². The second-order valence-corrected chi connectivity index (χ2v) is 5.90. The van der Waals surface area contributed by atoms with E-state index in [4.69, 9.17) is 10.5 Å². The summed E-state index contributed by atoms with van der Waals surface area (Å²) in [6, 6.07) is 3.86. The monoisotopic (exact) mass is 307 g/mol. The van der Waals surface area contributed by atoms with Gasteiger partial charge in [0.05, 0.1) is 24.6 Å². The highest BCUT2D eigenvalue weighted by atomic mass is 32.1. The molecule has 0 aromatic carbocycles. The molecule has 6 heteroatoms. The van der Waals surface area contributed by atoms with Crippen molar-refractivity contribution in [2.45, 2.75) is 19.5 Å². The summed E-state index contributed by atoms with van der Waals surface area (Å²) < 4.78 is 5.44. The number of morpholine rings is 1. The van der Waals surface area contributed by atoms with Gasteiger partial charge in [0.25, 0.3) is 0 Å². The van der Waals surface area contributed by atoms with Gasteiger partial charge in [0.15, 0.2) is 0 Å². The minimum absolute atomic E-state index is 0.0388. The molecular formula is C15H21N3O2S. The van der Waals surface area contributed by atoms with E-state index < -0.39 is 0 Å². The first-order valence-corrected chi connectivity index (χ1v) is 7.93. The van der Waals surface area contributed by atoms with Crippen LogP contribution in [-0.4, -0.2) is 49.7 Å². The lowest BCUT2D eigenvalue weighted by molar-refractivity contribution is -0.132. The van der Waals surface area contributed by atoms with Gasteiger partial charge in [-0.25, -0.2) is 0 Å². The molecule has 114 valence electrons. The van der Waals surface area contributed by atoms with Crippen molar-refractivity contribution < 1.29 is 9.53 Å². The molecule has 2 rings (SSSR count). The first kappa shape index (κ1) is 16.0. The zero-order valence-corrected chi connectivity index (χ0v) is 13.0. The van der Waals surface area contributed by atoms with Gasteiger partial charge in [-0.1, -0.05) is 11.8 Å². The minimum Gasteiger partial charge on any atom is -0.378 e. The molecule has 1 aliphatic heterocycles. The maximum absolute atomic E-state index is 12.1. The number of thiophene rings is 1. The highest BCUT2D eigenvalue weighted by Crippen LogP contribution is 2.20. The van der Waals surface area contributed by atoms with Crippen LogP contribution in [-0.2, 0) is 16.1 Å². The largest absolute Gasteiger partial charge is 0.378 e. The second kappa shape index (κ2) is 8.15. The Morgan fingerprint density at radius 2 is 2.48 bits per heavy atom. The van der Waals surface area contributed by atoms with Crippen molar-refractivity contribution in [2.24, 2.45) is 5.73 Å². The Hall–Kier alpha value is -1.39.